The molecule has 0 aromatic heterocycles. The molecule has 0 aromatic carbocycles. The van der Waals surface area contributed by atoms with E-state index in [1.54, 1.807) is 11.9 Å². The van der Waals surface area contributed by atoms with E-state index in [4.69, 9.17) is 0 Å². The van der Waals surface area contributed by atoms with Crippen molar-refractivity contribution in [1.82, 2.24) is 25.3 Å². The summed E-state index contributed by atoms with van der Waals surface area (Å²) in [7, 11) is 3.22. The van der Waals surface area contributed by atoms with E-state index in [2.05, 4.69) is 10.6 Å². The molecule has 146 valence electrons. The first-order chi connectivity index (χ1) is 12.4. The lowest BCUT2D eigenvalue weighted by Crippen LogP contribution is -2.73. The normalized spacial score (nSPS) is 33.1. The third-order valence-electron chi connectivity index (χ3n) is 5.47. The highest BCUT2D eigenvalue weighted by Gasteiger charge is 2.50. The van der Waals surface area contributed by atoms with Crippen LogP contribution >= 0.6 is 11.8 Å². The lowest BCUT2D eigenvalue weighted by molar-refractivity contribution is -0.140. The molecule has 0 aliphatic carbocycles. The summed E-state index contributed by atoms with van der Waals surface area (Å²) in [6, 6.07) is -0.303. The number of rotatable bonds is 3. The van der Waals surface area contributed by atoms with E-state index in [-0.39, 0.29) is 35.6 Å². The van der Waals surface area contributed by atoms with Crippen molar-refractivity contribution >= 4 is 29.6 Å². The first-order valence-corrected chi connectivity index (χ1v) is 10.4. The van der Waals surface area contributed by atoms with Crippen LogP contribution < -0.4 is 10.6 Å². The van der Waals surface area contributed by atoms with Gasteiger partial charge in [-0.1, -0.05) is 12.8 Å². The maximum Gasteiger partial charge on any atom is 0.327 e. The molecule has 4 amide bonds. The summed E-state index contributed by atoms with van der Waals surface area (Å²) in [4.78, 5) is 42.2. The van der Waals surface area contributed by atoms with Crippen LogP contribution in [0.5, 0.6) is 0 Å². The fourth-order valence-corrected chi connectivity index (χ4v) is 5.22. The van der Waals surface area contributed by atoms with Gasteiger partial charge in [-0.15, -0.1) is 11.8 Å². The molecule has 9 heteroatoms. The van der Waals surface area contributed by atoms with Crippen molar-refractivity contribution < 1.29 is 14.4 Å². The van der Waals surface area contributed by atoms with Crippen LogP contribution in [0, 0.1) is 5.92 Å². The number of imide groups is 1. The number of thioether (sulfide) groups is 1. The van der Waals surface area contributed by atoms with E-state index >= 15 is 0 Å². The van der Waals surface area contributed by atoms with Gasteiger partial charge in [-0.05, 0) is 19.8 Å². The highest BCUT2D eigenvalue weighted by Crippen LogP contribution is 2.31. The number of nitrogens with zero attached hydrogens (tertiary/aromatic N) is 3. The van der Waals surface area contributed by atoms with E-state index in [0.717, 1.165) is 25.9 Å². The number of carbonyl (C=O) groups excluding carboxylic acids is 3. The van der Waals surface area contributed by atoms with Crippen molar-refractivity contribution in [2.45, 2.75) is 50.3 Å². The Morgan fingerprint density at radius 3 is 2.42 bits per heavy atom. The van der Waals surface area contributed by atoms with E-state index in [9.17, 15) is 14.4 Å². The van der Waals surface area contributed by atoms with Crippen LogP contribution in [-0.4, -0.2) is 83.2 Å². The van der Waals surface area contributed by atoms with Crippen LogP contribution in [0.4, 0.5) is 4.79 Å². The molecule has 0 radical (unpaired) electrons. The molecule has 3 aliphatic rings. The van der Waals surface area contributed by atoms with Gasteiger partial charge in [0.1, 0.15) is 0 Å². The summed E-state index contributed by atoms with van der Waals surface area (Å²) in [5.41, 5.74) is 0. The van der Waals surface area contributed by atoms with Gasteiger partial charge in [0.15, 0.2) is 0 Å². The summed E-state index contributed by atoms with van der Waals surface area (Å²) in [6.07, 6.45) is 4.12. The van der Waals surface area contributed by atoms with Crippen molar-refractivity contribution in [3.8, 4) is 0 Å². The maximum atomic E-state index is 12.7. The maximum absolute atomic E-state index is 12.7. The zero-order chi connectivity index (χ0) is 18.8. The van der Waals surface area contributed by atoms with E-state index in [1.165, 1.54) is 36.6 Å². The molecule has 3 fully saturated rings. The molecule has 0 saturated carbocycles. The molecular weight excluding hydrogens is 354 g/mol. The first kappa shape index (κ1) is 19.4. The second-order valence-electron chi connectivity index (χ2n) is 7.34. The van der Waals surface area contributed by atoms with Crippen LogP contribution in [0.1, 0.15) is 32.6 Å². The SMILES string of the molecule is CC1NC(SCC(=O)N2CCCCCC2)C2C(=O)N(C)C(=O)N(C)C2N1. The molecule has 3 rings (SSSR count). The number of amides is 4. The molecule has 3 heterocycles. The van der Waals surface area contributed by atoms with Crippen LogP contribution in [0.25, 0.3) is 0 Å². The summed E-state index contributed by atoms with van der Waals surface area (Å²) in [5.74, 6) is -0.129. The zero-order valence-electron chi connectivity index (χ0n) is 15.7. The fourth-order valence-electron chi connectivity index (χ4n) is 3.94. The highest BCUT2D eigenvalue weighted by molar-refractivity contribution is 8.00. The Balaban J connectivity index is 1.66. The predicted molar refractivity (Wildman–Crippen MR) is 100 cm³/mol. The van der Waals surface area contributed by atoms with E-state index < -0.39 is 5.92 Å². The van der Waals surface area contributed by atoms with Gasteiger partial charge in [-0.25, -0.2) is 4.79 Å². The average Bonchev–Trinajstić information content (AvgIpc) is 2.91. The van der Waals surface area contributed by atoms with Crippen molar-refractivity contribution in [1.29, 1.82) is 0 Å². The topological polar surface area (TPSA) is 85.0 Å². The summed E-state index contributed by atoms with van der Waals surface area (Å²) < 4.78 is 0. The first-order valence-electron chi connectivity index (χ1n) is 9.36. The number of urea groups is 1. The number of fused-ring (bicyclic) bond motifs is 1. The summed E-state index contributed by atoms with van der Waals surface area (Å²) in [5, 5.41) is 6.43. The molecule has 2 N–H and O–H groups in total. The molecule has 0 aromatic rings. The minimum Gasteiger partial charge on any atom is -0.342 e. The highest BCUT2D eigenvalue weighted by atomic mass is 32.2. The number of hydrogen-bond donors (Lipinski definition) is 2. The third-order valence-corrected chi connectivity index (χ3v) is 6.67. The van der Waals surface area contributed by atoms with Gasteiger partial charge in [0, 0.05) is 27.2 Å². The minimum atomic E-state index is -0.416. The lowest BCUT2D eigenvalue weighted by Gasteiger charge is -2.49. The standard InChI is InChI=1S/C17H29N5O3S/c1-11-18-14-13(16(24)21(3)17(25)20(14)2)15(19-11)26-10-12(23)22-8-6-4-5-7-9-22/h11,13-15,18-19H,4-10H2,1-3H3. The van der Waals surface area contributed by atoms with Gasteiger partial charge in [-0.3, -0.25) is 25.1 Å². The summed E-state index contributed by atoms with van der Waals surface area (Å²) >= 11 is 1.48. The Bertz CT molecular complexity index is 567. The van der Waals surface area contributed by atoms with Crippen molar-refractivity contribution in [3.63, 3.8) is 0 Å². The molecule has 4 atom stereocenters. The van der Waals surface area contributed by atoms with Crippen LogP contribution in [0.15, 0.2) is 0 Å². The predicted octanol–water partition coefficient (Wildman–Crippen LogP) is 0.453. The van der Waals surface area contributed by atoms with Gasteiger partial charge >= 0.3 is 6.03 Å². The Kier molecular flexibility index (Phi) is 6.09. The van der Waals surface area contributed by atoms with Crippen LogP contribution in [-0.2, 0) is 9.59 Å². The lowest BCUT2D eigenvalue weighted by atomic mass is 9.97. The van der Waals surface area contributed by atoms with Gasteiger partial charge in [0.25, 0.3) is 0 Å². The number of hydrogen-bond acceptors (Lipinski definition) is 6. The van der Waals surface area contributed by atoms with Gasteiger partial charge in [0.2, 0.25) is 11.8 Å². The smallest absolute Gasteiger partial charge is 0.327 e. The molecule has 3 saturated heterocycles. The average molecular weight is 384 g/mol. The quantitative estimate of drug-likeness (QED) is 0.736. The second-order valence-corrected chi connectivity index (χ2v) is 8.47. The monoisotopic (exact) mass is 383 g/mol. The number of nitrogens with one attached hydrogen (secondary N) is 2. The molecule has 8 nitrogen and oxygen atoms in total. The van der Waals surface area contributed by atoms with Gasteiger partial charge < -0.3 is 9.80 Å². The minimum absolute atomic E-state index is 0.0477. The van der Waals surface area contributed by atoms with Gasteiger partial charge in [0.05, 0.1) is 29.4 Å². The zero-order valence-corrected chi connectivity index (χ0v) is 16.6. The fraction of sp³-hybridized carbons (Fsp3) is 0.824. The van der Waals surface area contributed by atoms with Crippen molar-refractivity contribution in [2.24, 2.45) is 5.92 Å². The van der Waals surface area contributed by atoms with E-state index in [0.29, 0.717) is 5.75 Å². The molecule has 4 unspecified atom stereocenters. The van der Waals surface area contributed by atoms with E-state index in [1.807, 2.05) is 11.8 Å². The van der Waals surface area contributed by atoms with Crippen LogP contribution in [0.2, 0.25) is 0 Å². The summed E-state index contributed by atoms with van der Waals surface area (Å²) in [6.45, 7) is 3.63. The number of carbonyl (C=O) groups is 3. The third kappa shape index (κ3) is 3.84. The Hall–Kier alpha value is -1.32. The second kappa shape index (κ2) is 8.14. The van der Waals surface area contributed by atoms with Crippen molar-refractivity contribution in [3.05, 3.63) is 0 Å². The Morgan fingerprint density at radius 1 is 1.12 bits per heavy atom. The van der Waals surface area contributed by atoms with Crippen LogP contribution in [0.3, 0.4) is 0 Å². The van der Waals surface area contributed by atoms with Gasteiger partial charge in [-0.2, -0.15) is 0 Å². The molecule has 0 spiro atoms. The number of likely N-dealkylation sites (tertiary alicyclic amines) is 1. The molecular formula is C17H29N5O3S. The largest absolute Gasteiger partial charge is 0.342 e. The molecule has 3 aliphatic heterocycles. The molecule has 0 bridgehead atoms. The Labute approximate surface area is 159 Å². The van der Waals surface area contributed by atoms with Crippen molar-refractivity contribution in [2.75, 3.05) is 32.9 Å². The Morgan fingerprint density at radius 2 is 1.77 bits per heavy atom. The molecule has 26 heavy (non-hydrogen) atoms.